The summed E-state index contributed by atoms with van der Waals surface area (Å²) >= 11 is 0. The number of rotatable bonds is 4. The van der Waals surface area contributed by atoms with Crippen LogP contribution in [0.15, 0.2) is 18.2 Å². The van der Waals surface area contributed by atoms with Crippen molar-refractivity contribution in [2.24, 2.45) is 0 Å². The molecule has 2 aliphatic rings. The Morgan fingerprint density at radius 1 is 1.17 bits per heavy atom. The van der Waals surface area contributed by atoms with Gasteiger partial charge in [0.15, 0.2) is 0 Å². The molecule has 1 aromatic carbocycles. The van der Waals surface area contributed by atoms with Crippen LogP contribution in [0.25, 0.3) is 10.9 Å². The fourth-order valence-electron chi connectivity index (χ4n) is 4.45. The molecule has 1 unspecified atom stereocenters. The molecule has 2 aliphatic heterocycles. The Kier molecular flexibility index (Phi) is 4.51. The van der Waals surface area contributed by atoms with Crippen LogP contribution < -0.4 is 4.74 Å². The number of nitrogens with one attached hydrogen (secondary N) is 1. The molecule has 1 N–H and O–H groups in total. The van der Waals surface area contributed by atoms with Crippen molar-refractivity contribution < 1.29 is 4.74 Å². The zero-order valence-corrected chi connectivity index (χ0v) is 15.0. The second kappa shape index (κ2) is 6.77. The summed E-state index contributed by atoms with van der Waals surface area (Å²) in [6, 6.07) is 7.08. The Bertz CT molecular complexity index is 702. The molecular formula is C20H29N3O. The van der Waals surface area contributed by atoms with Gasteiger partial charge in [0.1, 0.15) is 5.75 Å². The van der Waals surface area contributed by atoms with Gasteiger partial charge < -0.3 is 9.72 Å². The van der Waals surface area contributed by atoms with Gasteiger partial charge in [-0.2, -0.15) is 0 Å². The molecule has 0 saturated carbocycles. The van der Waals surface area contributed by atoms with Gasteiger partial charge in [0.25, 0.3) is 0 Å². The summed E-state index contributed by atoms with van der Waals surface area (Å²) in [5.41, 5.74) is 3.95. The molecule has 2 saturated heterocycles. The zero-order chi connectivity index (χ0) is 16.5. The molecule has 4 heteroatoms. The summed E-state index contributed by atoms with van der Waals surface area (Å²) in [7, 11) is 1.73. The van der Waals surface area contributed by atoms with E-state index in [4.69, 9.17) is 4.74 Å². The molecule has 1 atom stereocenters. The number of aryl methyl sites for hydroxylation is 1. The Labute approximate surface area is 144 Å². The van der Waals surface area contributed by atoms with Crippen molar-refractivity contribution >= 4 is 10.9 Å². The number of hydrogen-bond acceptors (Lipinski definition) is 3. The first kappa shape index (κ1) is 16.0. The lowest BCUT2D eigenvalue weighted by molar-refractivity contribution is 0.110. The van der Waals surface area contributed by atoms with Crippen molar-refractivity contribution in [3.8, 4) is 5.75 Å². The quantitative estimate of drug-likeness (QED) is 0.932. The van der Waals surface area contributed by atoms with Crippen molar-refractivity contribution in [1.82, 2.24) is 14.8 Å². The lowest BCUT2D eigenvalue weighted by Crippen LogP contribution is -2.46. The zero-order valence-electron chi connectivity index (χ0n) is 15.0. The van der Waals surface area contributed by atoms with Crippen molar-refractivity contribution in [3.05, 3.63) is 29.5 Å². The molecule has 130 valence electrons. The first-order chi connectivity index (χ1) is 11.7. The third-order valence-corrected chi connectivity index (χ3v) is 5.89. The highest BCUT2D eigenvalue weighted by molar-refractivity contribution is 5.85. The van der Waals surface area contributed by atoms with Crippen LogP contribution in [-0.4, -0.2) is 54.1 Å². The second-order valence-electron chi connectivity index (χ2n) is 7.41. The average molecular weight is 327 g/mol. The maximum absolute atomic E-state index is 5.38. The standard InChI is InChI=1S/C20H29N3O/c1-15-18-12-17(24-2)7-8-19(18)21-20(15)14-22-9-5-6-16(13-22)23-10-3-4-11-23/h7-8,12,16,21H,3-6,9-11,13-14H2,1-2H3. The van der Waals surface area contributed by atoms with Crippen LogP contribution in [0.2, 0.25) is 0 Å². The minimum atomic E-state index is 0.769. The molecule has 24 heavy (non-hydrogen) atoms. The number of methoxy groups -OCH3 is 1. The van der Waals surface area contributed by atoms with Crippen molar-refractivity contribution in [2.45, 2.75) is 45.2 Å². The molecule has 4 rings (SSSR count). The van der Waals surface area contributed by atoms with Gasteiger partial charge in [0.2, 0.25) is 0 Å². The van der Waals surface area contributed by atoms with Gasteiger partial charge >= 0.3 is 0 Å². The molecule has 1 aromatic heterocycles. The van der Waals surface area contributed by atoms with E-state index in [0.29, 0.717) is 0 Å². The number of H-pyrrole nitrogens is 1. The second-order valence-corrected chi connectivity index (χ2v) is 7.41. The minimum Gasteiger partial charge on any atom is -0.497 e. The molecule has 0 amide bonds. The lowest BCUT2D eigenvalue weighted by Gasteiger charge is -2.37. The van der Waals surface area contributed by atoms with Crippen LogP contribution in [0.4, 0.5) is 0 Å². The van der Waals surface area contributed by atoms with Crippen LogP contribution >= 0.6 is 0 Å². The van der Waals surface area contributed by atoms with E-state index in [0.717, 1.165) is 18.3 Å². The maximum atomic E-state index is 5.38. The highest BCUT2D eigenvalue weighted by Crippen LogP contribution is 2.28. The summed E-state index contributed by atoms with van der Waals surface area (Å²) in [5, 5.41) is 1.29. The fourth-order valence-corrected chi connectivity index (χ4v) is 4.45. The van der Waals surface area contributed by atoms with E-state index in [9.17, 15) is 0 Å². The number of aromatic nitrogens is 1. The molecule has 4 nitrogen and oxygen atoms in total. The monoisotopic (exact) mass is 327 g/mol. The van der Waals surface area contributed by atoms with Gasteiger partial charge in [0.05, 0.1) is 7.11 Å². The van der Waals surface area contributed by atoms with Crippen LogP contribution in [0.5, 0.6) is 5.75 Å². The van der Waals surface area contributed by atoms with Crippen LogP contribution in [0, 0.1) is 6.92 Å². The van der Waals surface area contributed by atoms with E-state index in [2.05, 4.69) is 33.8 Å². The number of piperidine rings is 1. The molecular weight excluding hydrogens is 298 g/mol. The van der Waals surface area contributed by atoms with Crippen molar-refractivity contribution in [1.29, 1.82) is 0 Å². The van der Waals surface area contributed by atoms with E-state index in [1.165, 1.54) is 74.0 Å². The van der Waals surface area contributed by atoms with Gasteiger partial charge in [-0.15, -0.1) is 0 Å². The minimum absolute atomic E-state index is 0.769. The van der Waals surface area contributed by atoms with Gasteiger partial charge in [0, 0.05) is 35.7 Å². The fraction of sp³-hybridized carbons (Fsp3) is 0.600. The van der Waals surface area contributed by atoms with E-state index in [1.807, 2.05) is 6.07 Å². The van der Waals surface area contributed by atoms with Crippen molar-refractivity contribution in [2.75, 3.05) is 33.3 Å². The number of likely N-dealkylation sites (tertiary alicyclic amines) is 2. The lowest BCUT2D eigenvalue weighted by atomic mass is 10.0. The Balaban J connectivity index is 1.50. The predicted octanol–water partition coefficient (Wildman–Crippen LogP) is 3.55. The Hall–Kier alpha value is -1.52. The molecule has 0 aliphatic carbocycles. The van der Waals surface area contributed by atoms with E-state index in [1.54, 1.807) is 7.11 Å². The van der Waals surface area contributed by atoms with Crippen molar-refractivity contribution in [3.63, 3.8) is 0 Å². The Morgan fingerprint density at radius 2 is 2.00 bits per heavy atom. The highest BCUT2D eigenvalue weighted by atomic mass is 16.5. The van der Waals surface area contributed by atoms with Gasteiger partial charge in [-0.3, -0.25) is 9.80 Å². The Morgan fingerprint density at radius 3 is 2.79 bits per heavy atom. The first-order valence-corrected chi connectivity index (χ1v) is 9.36. The summed E-state index contributed by atoms with van der Waals surface area (Å²) in [6.45, 7) is 8.33. The number of benzene rings is 1. The van der Waals surface area contributed by atoms with Crippen LogP contribution in [-0.2, 0) is 6.54 Å². The molecule has 2 fully saturated rings. The number of ether oxygens (including phenoxy) is 1. The van der Waals surface area contributed by atoms with Gasteiger partial charge in [-0.25, -0.2) is 0 Å². The summed E-state index contributed by atoms with van der Waals surface area (Å²) in [5.74, 6) is 0.934. The van der Waals surface area contributed by atoms with E-state index < -0.39 is 0 Å². The smallest absolute Gasteiger partial charge is 0.119 e. The summed E-state index contributed by atoms with van der Waals surface area (Å²) in [6.07, 6.45) is 5.48. The molecule has 2 aromatic rings. The van der Waals surface area contributed by atoms with Crippen LogP contribution in [0.3, 0.4) is 0 Å². The third-order valence-electron chi connectivity index (χ3n) is 5.89. The average Bonchev–Trinajstić information content (AvgIpc) is 3.24. The largest absolute Gasteiger partial charge is 0.497 e. The predicted molar refractivity (Wildman–Crippen MR) is 98.7 cm³/mol. The first-order valence-electron chi connectivity index (χ1n) is 9.36. The number of nitrogens with zero attached hydrogens (tertiary/aromatic N) is 2. The number of fused-ring (bicyclic) bond motifs is 1. The normalized spacial score (nSPS) is 23.2. The SMILES string of the molecule is COc1ccc2[nH]c(CN3CCCC(N4CCCC4)C3)c(C)c2c1. The topological polar surface area (TPSA) is 31.5 Å². The summed E-state index contributed by atoms with van der Waals surface area (Å²) in [4.78, 5) is 8.99. The summed E-state index contributed by atoms with van der Waals surface area (Å²) < 4.78 is 5.38. The van der Waals surface area contributed by atoms with Gasteiger partial charge in [-0.05, 0) is 76.0 Å². The molecule has 0 spiro atoms. The van der Waals surface area contributed by atoms with Crippen LogP contribution in [0.1, 0.15) is 36.9 Å². The maximum Gasteiger partial charge on any atom is 0.119 e. The van der Waals surface area contributed by atoms with E-state index >= 15 is 0 Å². The number of hydrogen-bond donors (Lipinski definition) is 1. The molecule has 0 radical (unpaired) electrons. The highest BCUT2D eigenvalue weighted by Gasteiger charge is 2.27. The molecule has 3 heterocycles. The third kappa shape index (κ3) is 3.05. The number of aromatic amines is 1. The van der Waals surface area contributed by atoms with E-state index in [-0.39, 0.29) is 0 Å². The van der Waals surface area contributed by atoms with Gasteiger partial charge in [-0.1, -0.05) is 0 Å². The molecule has 0 bridgehead atoms.